The third kappa shape index (κ3) is 3.70. The van der Waals surface area contributed by atoms with Crippen molar-refractivity contribution in [1.82, 2.24) is 9.88 Å². The summed E-state index contributed by atoms with van der Waals surface area (Å²) in [5.41, 5.74) is 1.26. The van der Waals surface area contributed by atoms with Gasteiger partial charge in [0.05, 0.1) is 0 Å². The number of nitrogens with zero attached hydrogens (tertiary/aromatic N) is 2. The van der Waals surface area contributed by atoms with E-state index >= 15 is 0 Å². The third-order valence-corrected chi connectivity index (χ3v) is 3.28. The van der Waals surface area contributed by atoms with Gasteiger partial charge in [0, 0.05) is 18.8 Å². The lowest BCUT2D eigenvalue weighted by molar-refractivity contribution is 0.232. The largest absolute Gasteiger partial charge is 0.476 e. The molecule has 17 heavy (non-hydrogen) atoms. The van der Waals surface area contributed by atoms with E-state index in [1.54, 1.807) is 0 Å². The third-order valence-electron chi connectivity index (χ3n) is 3.28. The Morgan fingerprint density at radius 1 is 1.29 bits per heavy atom. The Morgan fingerprint density at radius 2 is 2.06 bits per heavy atom. The lowest BCUT2D eigenvalue weighted by atomic mass is 10.1. The normalized spacial score (nSPS) is 16.6. The van der Waals surface area contributed by atoms with Crippen LogP contribution in [-0.4, -0.2) is 36.1 Å². The van der Waals surface area contributed by atoms with E-state index in [0.717, 1.165) is 19.0 Å². The van der Waals surface area contributed by atoms with E-state index in [1.807, 2.05) is 12.3 Å². The molecule has 0 radical (unpaired) electrons. The zero-order valence-electron chi connectivity index (χ0n) is 10.9. The highest BCUT2D eigenvalue weighted by Gasteiger charge is 2.10. The quantitative estimate of drug-likeness (QED) is 0.783. The number of ether oxygens (including phenoxy) is 1. The van der Waals surface area contributed by atoms with Crippen molar-refractivity contribution in [1.29, 1.82) is 0 Å². The standard InChI is InChI=1S/C14H22N2O/c1-12(2)13-5-6-14(15-11-13)17-10-9-16-7-3-4-8-16/h5-6,11-12H,3-4,7-10H2,1-2H3. The number of likely N-dealkylation sites (tertiary alicyclic amines) is 1. The summed E-state index contributed by atoms with van der Waals surface area (Å²) >= 11 is 0. The van der Waals surface area contributed by atoms with E-state index in [2.05, 4.69) is 29.8 Å². The highest BCUT2D eigenvalue weighted by atomic mass is 16.5. The molecule has 0 spiro atoms. The molecule has 0 atom stereocenters. The van der Waals surface area contributed by atoms with Crippen LogP contribution in [0.15, 0.2) is 18.3 Å². The van der Waals surface area contributed by atoms with Gasteiger partial charge in [-0.05, 0) is 37.4 Å². The van der Waals surface area contributed by atoms with Crippen LogP contribution >= 0.6 is 0 Å². The van der Waals surface area contributed by atoms with Gasteiger partial charge in [0.1, 0.15) is 6.61 Å². The number of pyridine rings is 1. The highest BCUT2D eigenvalue weighted by Crippen LogP contribution is 2.15. The Kier molecular flexibility index (Phi) is 4.37. The molecule has 3 heteroatoms. The summed E-state index contributed by atoms with van der Waals surface area (Å²) in [7, 11) is 0. The zero-order valence-corrected chi connectivity index (χ0v) is 10.9. The number of hydrogen-bond donors (Lipinski definition) is 0. The lowest BCUT2D eigenvalue weighted by Gasteiger charge is -2.14. The Balaban J connectivity index is 1.74. The first kappa shape index (κ1) is 12.4. The second-order valence-corrected chi connectivity index (χ2v) is 4.98. The second-order valence-electron chi connectivity index (χ2n) is 4.98. The molecule has 94 valence electrons. The van der Waals surface area contributed by atoms with Crippen LogP contribution in [0.3, 0.4) is 0 Å². The number of aromatic nitrogens is 1. The number of rotatable bonds is 5. The van der Waals surface area contributed by atoms with Crippen LogP contribution in [-0.2, 0) is 0 Å². The Hall–Kier alpha value is -1.09. The Morgan fingerprint density at radius 3 is 2.65 bits per heavy atom. The van der Waals surface area contributed by atoms with Gasteiger partial charge in [-0.1, -0.05) is 19.9 Å². The van der Waals surface area contributed by atoms with Crippen LogP contribution in [0.25, 0.3) is 0 Å². The molecule has 0 aliphatic carbocycles. The Bertz CT molecular complexity index is 329. The van der Waals surface area contributed by atoms with E-state index in [0.29, 0.717) is 5.92 Å². The fourth-order valence-corrected chi connectivity index (χ4v) is 2.10. The summed E-state index contributed by atoms with van der Waals surface area (Å²) in [6, 6.07) is 4.07. The summed E-state index contributed by atoms with van der Waals surface area (Å²) < 4.78 is 5.65. The van der Waals surface area contributed by atoms with Crippen molar-refractivity contribution < 1.29 is 4.74 Å². The molecule has 0 aromatic carbocycles. The fraction of sp³-hybridized carbons (Fsp3) is 0.643. The van der Waals surface area contributed by atoms with Crippen molar-refractivity contribution >= 4 is 0 Å². The van der Waals surface area contributed by atoms with Gasteiger partial charge < -0.3 is 4.74 Å². The molecular weight excluding hydrogens is 212 g/mol. The van der Waals surface area contributed by atoms with Gasteiger partial charge in [0.2, 0.25) is 5.88 Å². The van der Waals surface area contributed by atoms with Gasteiger partial charge in [-0.2, -0.15) is 0 Å². The molecule has 1 saturated heterocycles. The molecule has 2 heterocycles. The van der Waals surface area contributed by atoms with Gasteiger partial charge in [-0.25, -0.2) is 4.98 Å². The summed E-state index contributed by atoms with van der Waals surface area (Å²) in [4.78, 5) is 6.77. The van der Waals surface area contributed by atoms with Gasteiger partial charge in [-0.15, -0.1) is 0 Å². The van der Waals surface area contributed by atoms with Crippen LogP contribution in [0.1, 0.15) is 38.2 Å². The highest BCUT2D eigenvalue weighted by molar-refractivity contribution is 5.20. The molecular formula is C14H22N2O. The molecule has 1 aromatic rings. The van der Waals surface area contributed by atoms with Crippen molar-refractivity contribution in [2.24, 2.45) is 0 Å². The second kappa shape index (κ2) is 6.01. The van der Waals surface area contributed by atoms with E-state index < -0.39 is 0 Å². The van der Waals surface area contributed by atoms with Crippen LogP contribution < -0.4 is 4.74 Å². The van der Waals surface area contributed by atoms with Crippen molar-refractivity contribution in [3.63, 3.8) is 0 Å². The molecule has 0 N–H and O–H groups in total. The molecule has 1 aliphatic rings. The van der Waals surface area contributed by atoms with E-state index in [4.69, 9.17) is 4.74 Å². The monoisotopic (exact) mass is 234 g/mol. The van der Waals surface area contributed by atoms with E-state index in [9.17, 15) is 0 Å². The van der Waals surface area contributed by atoms with Gasteiger partial charge in [0.25, 0.3) is 0 Å². The lowest BCUT2D eigenvalue weighted by Crippen LogP contribution is -2.25. The van der Waals surface area contributed by atoms with Gasteiger partial charge >= 0.3 is 0 Å². The van der Waals surface area contributed by atoms with Crippen molar-refractivity contribution in [3.8, 4) is 5.88 Å². The maximum Gasteiger partial charge on any atom is 0.213 e. The van der Waals surface area contributed by atoms with Crippen LogP contribution in [0.5, 0.6) is 5.88 Å². The van der Waals surface area contributed by atoms with Crippen molar-refractivity contribution in [2.45, 2.75) is 32.6 Å². The SMILES string of the molecule is CC(C)c1ccc(OCCN2CCCC2)nc1. The predicted octanol–water partition coefficient (Wildman–Crippen LogP) is 2.68. The van der Waals surface area contributed by atoms with Crippen molar-refractivity contribution in [3.05, 3.63) is 23.9 Å². The molecule has 1 aromatic heterocycles. The van der Waals surface area contributed by atoms with E-state index in [-0.39, 0.29) is 0 Å². The summed E-state index contributed by atoms with van der Waals surface area (Å²) in [5.74, 6) is 1.27. The molecule has 3 nitrogen and oxygen atoms in total. The summed E-state index contributed by atoms with van der Waals surface area (Å²) in [6.07, 6.45) is 4.58. The smallest absolute Gasteiger partial charge is 0.213 e. The van der Waals surface area contributed by atoms with Crippen LogP contribution in [0.2, 0.25) is 0 Å². The fourth-order valence-electron chi connectivity index (χ4n) is 2.10. The first-order valence-corrected chi connectivity index (χ1v) is 6.57. The molecule has 1 aliphatic heterocycles. The van der Waals surface area contributed by atoms with Crippen LogP contribution in [0, 0.1) is 0 Å². The average Bonchev–Trinajstić information content (AvgIpc) is 2.83. The van der Waals surface area contributed by atoms with E-state index in [1.165, 1.54) is 31.5 Å². The average molecular weight is 234 g/mol. The Labute approximate surface area is 104 Å². The molecule has 1 fully saturated rings. The minimum atomic E-state index is 0.529. The molecule has 2 rings (SSSR count). The molecule has 0 bridgehead atoms. The first-order chi connectivity index (χ1) is 8.25. The molecule has 0 saturated carbocycles. The van der Waals surface area contributed by atoms with Gasteiger partial charge in [0.15, 0.2) is 0 Å². The summed E-state index contributed by atoms with van der Waals surface area (Å²) in [5, 5.41) is 0. The summed E-state index contributed by atoms with van der Waals surface area (Å²) in [6.45, 7) is 8.56. The maximum atomic E-state index is 5.65. The zero-order chi connectivity index (χ0) is 12.1. The van der Waals surface area contributed by atoms with Gasteiger partial charge in [-0.3, -0.25) is 4.90 Å². The molecule has 0 amide bonds. The first-order valence-electron chi connectivity index (χ1n) is 6.57. The minimum Gasteiger partial charge on any atom is -0.476 e. The molecule has 0 unspecified atom stereocenters. The topological polar surface area (TPSA) is 25.4 Å². The van der Waals surface area contributed by atoms with Crippen molar-refractivity contribution in [2.75, 3.05) is 26.2 Å². The minimum absolute atomic E-state index is 0.529. The van der Waals surface area contributed by atoms with Crippen LogP contribution in [0.4, 0.5) is 0 Å². The predicted molar refractivity (Wildman–Crippen MR) is 69.5 cm³/mol. The maximum absolute atomic E-state index is 5.65. The number of hydrogen-bond acceptors (Lipinski definition) is 3.